The van der Waals surface area contributed by atoms with Gasteiger partial charge < -0.3 is 0 Å². The van der Waals surface area contributed by atoms with Crippen molar-refractivity contribution in [1.82, 2.24) is 0 Å². The van der Waals surface area contributed by atoms with E-state index in [4.69, 9.17) is 0 Å². The summed E-state index contributed by atoms with van der Waals surface area (Å²) in [7, 11) is 0. The minimum Gasteiger partial charge on any atom is -0.0619 e. The first kappa shape index (κ1) is 8.88. The first-order valence-electron chi connectivity index (χ1n) is 4.62. The van der Waals surface area contributed by atoms with Gasteiger partial charge >= 0.3 is 0 Å². The van der Waals surface area contributed by atoms with Crippen LogP contribution in [0.1, 0.15) is 5.56 Å². The highest BCUT2D eigenvalue weighted by Gasteiger charge is 2.17. The summed E-state index contributed by atoms with van der Waals surface area (Å²) >= 11 is 0. The summed E-state index contributed by atoms with van der Waals surface area (Å²) in [5.74, 6) is 0. The second kappa shape index (κ2) is 4.01. The topological polar surface area (TPSA) is 20.1 Å². The zero-order chi connectivity index (χ0) is 9.80. The van der Waals surface area contributed by atoms with E-state index in [0.29, 0.717) is 13.0 Å². The molecule has 2 heteroatoms. The van der Waals surface area contributed by atoms with Crippen LogP contribution < -0.4 is 0 Å². The third kappa shape index (κ3) is 1.96. The molecule has 0 aromatic heterocycles. The molecule has 0 atom stereocenters. The van der Waals surface area contributed by atoms with Crippen LogP contribution in [0.5, 0.6) is 0 Å². The van der Waals surface area contributed by atoms with Gasteiger partial charge in [0.05, 0.1) is 6.42 Å². The summed E-state index contributed by atoms with van der Waals surface area (Å²) < 4.78 is 1.01. The molecule has 1 aromatic rings. The van der Waals surface area contributed by atoms with Gasteiger partial charge in [-0.2, -0.15) is 0 Å². The second-order valence-corrected chi connectivity index (χ2v) is 3.21. The highest BCUT2D eigenvalue weighted by Crippen LogP contribution is 2.10. The van der Waals surface area contributed by atoms with Crippen LogP contribution >= 0.6 is 0 Å². The molecule has 0 fully saturated rings. The lowest BCUT2D eigenvalue weighted by molar-refractivity contribution is -0.491. The van der Waals surface area contributed by atoms with Gasteiger partial charge in [-0.3, -0.25) is 0 Å². The van der Waals surface area contributed by atoms with E-state index in [1.165, 1.54) is 0 Å². The average molecular weight is 185 g/mol. The maximum atomic E-state index is 11.4. The number of nitrogens with zero attached hydrogens (tertiary/aromatic N) is 1. The first-order valence-corrected chi connectivity index (χ1v) is 4.62. The van der Waals surface area contributed by atoms with E-state index in [0.717, 1.165) is 16.0 Å². The Kier molecular flexibility index (Phi) is 2.54. The van der Waals surface area contributed by atoms with Crippen LogP contribution in [-0.2, 0) is 6.42 Å². The van der Waals surface area contributed by atoms with Crippen molar-refractivity contribution < 1.29 is 4.76 Å². The van der Waals surface area contributed by atoms with Crippen molar-refractivity contribution in [2.75, 3.05) is 6.54 Å². The summed E-state index contributed by atoms with van der Waals surface area (Å²) in [4.78, 5) is 11.4. The molecular formula is C12H11NO+. The van der Waals surface area contributed by atoms with Crippen LogP contribution in [0.25, 0.3) is 0 Å². The minimum absolute atomic E-state index is 0.457. The lowest BCUT2D eigenvalue weighted by Gasteiger charge is -2.00. The predicted octanol–water partition coefficient (Wildman–Crippen LogP) is 2.26. The summed E-state index contributed by atoms with van der Waals surface area (Å²) in [5.41, 5.74) is 1.85. The van der Waals surface area contributed by atoms with Crippen molar-refractivity contribution in [2.45, 2.75) is 6.42 Å². The van der Waals surface area contributed by atoms with Crippen molar-refractivity contribution in [2.24, 2.45) is 0 Å². The fraction of sp³-hybridized carbons (Fsp3) is 0.167. The zero-order valence-corrected chi connectivity index (χ0v) is 7.81. The highest BCUT2D eigenvalue weighted by molar-refractivity contribution is 5.21. The molecule has 14 heavy (non-hydrogen) atoms. The molecule has 1 heterocycles. The van der Waals surface area contributed by atoms with Gasteiger partial charge in [0, 0.05) is 15.7 Å². The standard InChI is InChI=1S/C12H11NO/c14-13-9-5-4-8-12(13)10-11-6-2-1-3-7-11/h1-6,8H,9-10H2/q+1. The third-order valence-electron chi connectivity index (χ3n) is 2.16. The minimum atomic E-state index is 0.457. The quantitative estimate of drug-likeness (QED) is 0.647. The van der Waals surface area contributed by atoms with Crippen LogP contribution in [0.15, 0.2) is 48.2 Å². The van der Waals surface area contributed by atoms with Gasteiger partial charge in [-0.05, 0) is 17.7 Å². The molecule has 1 radical (unpaired) electrons. The van der Waals surface area contributed by atoms with E-state index in [-0.39, 0.29) is 0 Å². The Morgan fingerprint density at radius 1 is 1.43 bits per heavy atom. The molecule has 0 amide bonds. The third-order valence-corrected chi connectivity index (χ3v) is 2.16. The number of allylic oxidation sites excluding steroid dienone is 3. The van der Waals surface area contributed by atoms with Gasteiger partial charge in [-0.15, -0.1) is 0 Å². The number of nitroso groups, excluding NO2 is 1. The van der Waals surface area contributed by atoms with Crippen LogP contribution in [0.3, 0.4) is 0 Å². The Morgan fingerprint density at radius 3 is 3.07 bits per heavy atom. The van der Waals surface area contributed by atoms with Crippen LogP contribution in [0, 0.1) is 11.0 Å². The fourth-order valence-electron chi connectivity index (χ4n) is 1.42. The Bertz CT molecular complexity index is 390. The van der Waals surface area contributed by atoms with E-state index < -0.39 is 0 Å². The molecular weight excluding hydrogens is 174 g/mol. The van der Waals surface area contributed by atoms with E-state index in [2.05, 4.69) is 6.07 Å². The Labute approximate surface area is 83.1 Å². The van der Waals surface area contributed by atoms with Crippen LogP contribution in [0.4, 0.5) is 0 Å². The molecule has 0 bridgehead atoms. The maximum absolute atomic E-state index is 11.4. The largest absolute Gasteiger partial charge is 0.237 e. The molecule has 69 valence electrons. The number of hydrogen-bond donors (Lipinski definition) is 0. The van der Waals surface area contributed by atoms with Crippen LogP contribution in [-0.4, -0.2) is 11.3 Å². The molecule has 0 saturated carbocycles. The van der Waals surface area contributed by atoms with E-state index >= 15 is 0 Å². The SMILES string of the molecule is O=[N+]1CC=CC=C1Cc1[c]cccc1. The Balaban J connectivity index is 2.15. The molecule has 0 spiro atoms. The summed E-state index contributed by atoms with van der Waals surface area (Å²) in [5, 5.41) is 0. The lowest BCUT2D eigenvalue weighted by atomic mass is 10.1. The molecule has 2 rings (SSSR count). The smallest absolute Gasteiger partial charge is 0.0619 e. The maximum Gasteiger partial charge on any atom is 0.237 e. The van der Waals surface area contributed by atoms with Crippen molar-refractivity contribution in [1.29, 1.82) is 0 Å². The summed E-state index contributed by atoms with van der Waals surface area (Å²) in [6, 6.07) is 10.8. The van der Waals surface area contributed by atoms with Gasteiger partial charge in [-0.1, -0.05) is 30.3 Å². The molecule has 0 aliphatic carbocycles. The molecule has 1 aliphatic rings. The Morgan fingerprint density at radius 2 is 2.36 bits per heavy atom. The van der Waals surface area contributed by atoms with E-state index in [1.54, 1.807) is 0 Å². The van der Waals surface area contributed by atoms with Gasteiger partial charge in [0.1, 0.15) is 0 Å². The monoisotopic (exact) mass is 185 g/mol. The second-order valence-electron chi connectivity index (χ2n) is 3.21. The summed E-state index contributed by atoms with van der Waals surface area (Å²) in [6.45, 7) is 0.457. The van der Waals surface area contributed by atoms with Crippen molar-refractivity contribution in [3.05, 3.63) is 64.7 Å². The molecule has 2 nitrogen and oxygen atoms in total. The number of rotatable bonds is 2. The molecule has 1 aromatic carbocycles. The molecule has 0 saturated heterocycles. The lowest BCUT2D eigenvalue weighted by Crippen LogP contribution is -2.12. The average Bonchev–Trinajstić information content (AvgIpc) is 2.23. The molecule has 1 aliphatic heterocycles. The normalized spacial score (nSPS) is 15.4. The van der Waals surface area contributed by atoms with Gasteiger partial charge in [-0.25, -0.2) is 0 Å². The number of hydrogen-bond acceptors (Lipinski definition) is 1. The fourth-order valence-corrected chi connectivity index (χ4v) is 1.42. The van der Waals surface area contributed by atoms with Crippen molar-refractivity contribution in [3.63, 3.8) is 0 Å². The zero-order valence-electron chi connectivity index (χ0n) is 7.81. The molecule has 0 N–H and O–H groups in total. The van der Waals surface area contributed by atoms with E-state index in [1.807, 2.05) is 42.5 Å². The summed E-state index contributed by atoms with van der Waals surface area (Å²) in [6.07, 6.45) is 6.30. The first-order chi connectivity index (χ1) is 6.86. The highest BCUT2D eigenvalue weighted by atomic mass is 16.3. The van der Waals surface area contributed by atoms with Gasteiger partial charge in [0.2, 0.25) is 12.2 Å². The van der Waals surface area contributed by atoms with Gasteiger partial charge in [0.15, 0.2) is 0 Å². The van der Waals surface area contributed by atoms with Crippen LogP contribution in [0.2, 0.25) is 0 Å². The molecule has 0 unspecified atom stereocenters. The van der Waals surface area contributed by atoms with Gasteiger partial charge in [0.25, 0.3) is 0 Å². The number of benzene rings is 1. The van der Waals surface area contributed by atoms with Crippen molar-refractivity contribution >= 4 is 0 Å². The van der Waals surface area contributed by atoms with E-state index in [9.17, 15) is 4.91 Å². The van der Waals surface area contributed by atoms with Crippen molar-refractivity contribution in [3.8, 4) is 0 Å². The Hall–Kier alpha value is -1.70. The predicted molar refractivity (Wildman–Crippen MR) is 54.7 cm³/mol.